The number of benzene rings is 2. The van der Waals surface area contributed by atoms with Gasteiger partial charge in [0.05, 0.1) is 0 Å². The number of phenols is 1. The molecule has 0 heterocycles. The third-order valence-electron chi connectivity index (χ3n) is 3.51. The van der Waals surface area contributed by atoms with Crippen LogP contribution in [0.1, 0.15) is 25.8 Å². The first-order valence-corrected chi connectivity index (χ1v) is 8.49. The Morgan fingerprint density at radius 2 is 1.92 bits per heavy atom. The van der Waals surface area contributed by atoms with Crippen LogP contribution < -0.4 is 5.32 Å². The van der Waals surface area contributed by atoms with Crippen molar-refractivity contribution in [3.63, 3.8) is 0 Å². The molecule has 0 aliphatic heterocycles. The molecule has 0 radical (unpaired) electrons. The Morgan fingerprint density at radius 1 is 1.23 bits per heavy atom. The van der Waals surface area contributed by atoms with E-state index in [9.17, 15) is 15.0 Å². The lowest BCUT2D eigenvalue weighted by Gasteiger charge is -2.07. The smallest absolute Gasteiger partial charge is 0.279 e. The highest BCUT2D eigenvalue weighted by Crippen LogP contribution is 2.34. The van der Waals surface area contributed by atoms with Crippen LogP contribution in [-0.2, 0) is 11.2 Å². The van der Waals surface area contributed by atoms with Crippen molar-refractivity contribution in [3.05, 3.63) is 64.5 Å². The molecule has 0 aromatic heterocycles. The van der Waals surface area contributed by atoms with Gasteiger partial charge in [0.1, 0.15) is 17.2 Å². The fourth-order valence-electron chi connectivity index (χ4n) is 2.23. The maximum Gasteiger partial charge on any atom is 0.279 e. The molecule has 2 aromatic carbocycles. The SMILES string of the molecule is CCCc1cc(O)c(N=N/C(C(=O)Nc2ccccc2)=C(/C)O)cc1Cl. The van der Waals surface area contributed by atoms with Crippen LogP contribution in [0.3, 0.4) is 0 Å². The number of aryl methyl sites for hydroxylation is 1. The summed E-state index contributed by atoms with van der Waals surface area (Å²) in [5, 5.41) is 30.6. The minimum Gasteiger partial charge on any atom is -0.510 e. The molecule has 0 unspecified atom stereocenters. The average molecular weight is 374 g/mol. The van der Waals surface area contributed by atoms with Crippen molar-refractivity contribution in [2.75, 3.05) is 5.32 Å². The standard InChI is InChI=1S/C19H20ClN3O3/c1-3-7-13-10-17(25)16(11-15(13)20)22-23-18(12(2)24)19(26)21-14-8-5-4-6-9-14/h4-6,8-11,24-25H,3,7H2,1-2H3,(H,21,26)/b18-12-,23-22?. The lowest BCUT2D eigenvalue weighted by atomic mass is 10.1. The molecule has 26 heavy (non-hydrogen) atoms. The number of carbonyl (C=O) groups is 1. The van der Waals surface area contributed by atoms with E-state index >= 15 is 0 Å². The molecule has 0 fully saturated rings. The molecule has 0 bridgehead atoms. The number of halogens is 1. The number of hydrogen-bond donors (Lipinski definition) is 3. The lowest BCUT2D eigenvalue weighted by Crippen LogP contribution is -2.14. The molecule has 0 aliphatic carbocycles. The highest BCUT2D eigenvalue weighted by atomic mass is 35.5. The fourth-order valence-corrected chi connectivity index (χ4v) is 2.49. The second-order valence-electron chi connectivity index (χ2n) is 5.64. The second-order valence-corrected chi connectivity index (χ2v) is 6.04. The summed E-state index contributed by atoms with van der Waals surface area (Å²) in [6, 6.07) is 11.8. The predicted octanol–water partition coefficient (Wildman–Crippen LogP) is 5.51. The van der Waals surface area contributed by atoms with E-state index in [4.69, 9.17) is 11.6 Å². The van der Waals surface area contributed by atoms with Crippen LogP contribution in [0.4, 0.5) is 11.4 Å². The van der Waals surface area contributed by atoms with Gasteiger partial charge in [0.25, 0.3) is 5.91 Å². The number of azo groups is 1. The zero-order chi connectivity index (χ0) is 19.1. The monoisotopic (exact) mass is 373 g/mol. The molecule has 136 valence electrons. The lowest BCUT2D eigenvalue weighted by molar-refractivity contribution is -0.113. The predicted molar refractivity (Wildman–Crippen MR) is 102 cm³/mol. The van der Waals surface area contributed by atoms with E-state index in [2.05, 4.69) is 15.5 Å². The van der Waals surface area contributed by atoms with Gasteiger partial charge in [-0.2, -0.15) is 0 Å². The van der Waals surface area contributed by atoms with Crippen molar-refractivity contribution in [2.24, 2.45) is 10.2 Å². The van der Waals surface area contributed by atoms with E-state index in [1.165, 1.54) is 19.1 Å². The Balaban J connectivity index is 2.24. The highest BCUT2D eigenvalue weighted by molar-refractivity contribution is 6.31. The summed E-state index contributed by atoms with van der Waals surface area (Å²) >= 11 is 6.17. The highest BCUT2D eigenvalue weighted by Gasteiger charge is 2.14. The van der Waals surface area contributed by atoms with Crippen LogP contribution in [-0.4, -0.2) is 16.1 Å². The van der Waals surface area contributed by atoms with Crippen LogP contribution in [0.5, 0.6) is 5.75 Å². The number of aliphatic hydroxyl groups is 1. The Bertz CT molecular complexity index is 845. The molecule has 7 heteroatoms. The van der Waals surface area contributed by atoms with Crippen molar-refractivity contribution in [1.82, 2.24) is 0 Å². The van der Waals surface area contributed by atoms with Crippen LogP contribution in [0, 0.1) is 0 Å². The fraction of sp³-hybridized carbons (Fsp3) is 0.211. The summed E-state index contributed by atoms with van der Waals surface area (Å²) in [7, 11) is 0. The van der Waals surface area contributed by atoms with E-state index in [0.717, 1.165) is 18.4 Å². The van der Waals surface area contributed by atoms with Crippen LogP contribution in [0.25, 0.3) is 0 Å². The van der Waals surface area contributed by atoms with E-state index in [1.54, 1.807) is 24.3 Å². The van der Waals surface area contributed by atoms with Crippen LogP contribution in [0.2, 0.25) is 5.02 Å². The number of phenolic OH excluding ortho intramolecular Hbond substituents is 1. The number of aliphatic hydroxyl groups excluding tert-OH is 1. The Hall–Kier alpha value is -2.86. The zero-order valence-electron chi connectivity index (χ0n) is 14.5. The van der Waals surface area contributed by atoms with Gasteiger partial charge in [-0.25, -0.2) is 0 Å². The van der Waals surface area contributed by atoms with E-state index in [-0.39, 0.29) is 22.9 Å². The first-order valence-electron chi connectivity index (χ1n) is 8.11. The van der Waals surface area contributed by atoms with Gasteiger partial charge < -0.3 is 15.5 Å². The largest absolute Gasteiger partial charge is 0.510 e. The molecule has 3 N–H and O–H groups in total. The number of nitrogens with zero attached hydrogens (tertiary/aromatic N) is 2. The number of rotatable bonds is 6. The molecule has 2 aromatic rings. The maximum atomic E-state index is 12.3. The molecule has 0 aliphatic rings. The van der Waals surface area contributed by atoms with Crippen molar-refractivity contribution < 1.29 is 15.0 Å². The summed E-state index contributed by atoms with van der Waals surface area (Å²) in [5.74, 6) is -1.01. The third kappa shape index (κ3) is 5.07. The molecule has 0 saturated carbocycles. The van der Waals surface area contributed by atoms with Crippen molar-refractivity contribution in [3.8, 4) is 5.75 Å². The van der Waals surface area contributed by atoms with Crippen molar-refractivity contribution in [1.29, 1.82) is 0 Å². The van der Waals surface area contributed by atoms with Gasteiger partial charge in [0.15, 0.2) is 5.70 Å². The first-order chi connectivity index (χ1) is 12.4. The van der Waals surface area contributed by atoms with Gasteiger partial charge in [0.2, 0.25) is 0 Å². The number of carbonyl (C=O) groups excluding carboxylic acids is 1. The number of anilines is 1. The molecular formula is C19H20ClN3O3. The number of allylic oxidation sites excluding steroid dienone is 1. The molecule has 0 atom stereocenters. The topological polar surface area (TPSA) is 94.3 Å². The molecule has 6 nitrogen and oxygen atoms in total. The molecule has 0 saturated heterocycles. The van der Waals surface area contributed by atoms with Gasteiger partial charge >= 0.3 is 0 Å². The third-order valence-corrected chi connectivity index (χ3v) is 3.86. The van der Waals surface area contributed by atoms with Crippen molar-refractivity contribution >= 4 is 28.9 Å². The Labute approximate surface area is 156 Å². The number of amides is 1. The molecule has 0 spiro atoms. The molecular weight excluding hydrogens is 354 g/mol. The minimum absolute atomic E-state index is 0.0972. The summed E-state index contributed by atoms with van der Waals surface area (Å²) in [4.78, 5) is 12.3. The van der Waals surface area contributed by atoms with Gasteiger partial charge in [-0.15, -0.1) is 10.2 Å². The quantitative estimate of drug-likeness (QED) is 0.354. The maximum absolute atomic E-state index is 12.3. The summed E-state index contributed by atoms with van der Waals surface area (Å²) in [6.07, 6.45) is 1.61. The van der Waals surface area contributed by atoms with E-state index in [0.29, 0.717) is 10.7 Å². The Kier molecular flexibility index (Phi) is 6.74. The Morgan fingerprint density at radius 3 is 2.54 bits per heavy atom. The number of hydrogen-bond acceptors (Lipinski definition) is 5. The van der Waals surface area contributed by atoms with Crippen molar-refractivity contribution in [2.45, 2.75) is 26.7 Å². The van der Waals surface area contributed by atoms with Crippen LogP contribution >= 0.6 is 11.6 Å². The van der Waals surface area contributed by atoms with Gasteiger partial charge in [-0.05, 0) is 43.2 Å². The normalized spacial score (nSPS) is 12.1. The number of para-hydroxylation sites is 1. The first kappa shape index (κ1) is 19.5. The number of nitrogens with one attached hydrogen (secondary N) is 1. The van der Waals surface area contributed by atoms with E-state index in [1.807, 2.05) is 13.0 Å². The summed E-state index contributed by atoms with van der Waals surface area (Å²) in [6.45, 7) is 3.34. The van der Waals surface area contributed by atoms with Gasteiger partial charge in [0, 0.05) is 10.7 Å². The zero-order valence-corrected chi connectivity index (χ0v) is 15.3. The molecule has 1 amide bonds. The molecule has 2 rings (SSSR count). The number of aromatic hydroxyl groups is 1. The van der Waals surface area contributed by atoms with Gasteiger partial charge in [-0.1, -0.05) is 43.1 Å². The van der Waals surface area contributed by atoms with Crippen LogP contribution in [0.15, 0.2) is 64.1 Å². The van der Waals surface area contributed by atoms with Gasteiger partial charge in [-0.3, -0.25) is 4.79 Å². The van der Waals surface area contributed by atoms with E-state index < -0.39 is 5.91 Å². The summed E-state index contributed by atoms with van der Waals surface area (Å²) in [5.41, 5.74) is 1.21. The second kappa shape index (κ2) is 9.01. The summed E-state index contributed by atoms with van der Waals surface area (Å²) < 4.78 is 0. The average Bonchev–Trinajstić information content (AvgIpc) is 2.59. The minimum atomic E-state index is -0.617.